The fourth-order valence-corrected chi connectivity index (χ4v) is 1.34. The van der Waals surface area contributed by atoms with Gasteiger partial charge in [-0.25, -0.2) is 0 Å². The SMILES string of the molecule is CC(O)CC(C)n1ccc(C(F)(F)F)n1. The van der Waals surface area contributed by atoms with Crippen molar-refractivity contribution in [2.24, 2.45) is 0 Å². The van der Waals surface area contributed by atoms with E-state index >= 15 is 0 Å². The van der Waals surface area contributed by atoms with E-state index in [-0.39, 0.29) is 6.04 Å². The van der Waals surface area contributed by atoms with Crippen LogP contribution in [0.2, 0.25) is 0 Å². The first-order valence-corrected chi connectivity index (χ1v) is 4.61. The van der Waals surface area contributed by atoms with E-state index in [1.807, 2.05) is 0 Å². The lowest BCUT2D eigenvalue weighted by Gasteiger charge is -2.13. The van der Waals surface area contributed by atoms with Gasteiger partial charge in [0.2, 0.25) is 0 Å². The average Bonchev–Trinajstić information content (AvgIpc) is 2.48. The van der Waals surface area contributed by atoms with Crippen LogP contribution in [0, 0.1) is 0 Å². The normalized spacial score (nSPS) is 16.4. The molecular formula is C9H13F3N2O. The van der Waals surface area contributed by atoms with Crippen LogP contribution in [0.1, 0.15) is 32.0 Å². The largest absolute Gasteiger partial charge is 0.435 e. The Morgan fingerprint density at radius 1 is 1.47 bits per heavy atom. The minimum Gasteiger partial charge on any atom is -0.393 e. The second-order valence-electron chi connectivity index (χ2n) is 3.61. The molecule has 6 heteroatoms. The highest BCUT2D eigenvalue weighted by Crippen LogP contribution is 2.28. The predicted molar refractivity (Wildman–Crippen MR) is 48.2 cm³/mol. The fraction of sp³-hybridized carbons (Fsp3) is 0.667. The van der Waals surface area contributed by atoms with Crippen molar-refractivity contribution in [1.29, 1.82) is 0 Å². The second kappa shape index (κ2) is 4.22. The molecule has 0 fully saturated rings. The Labute approximate surface area is 85.5 Å². The summed E-state index contributed by atoms with van der Waals surface area (Å²) in [6.07, 6.45) is -3.32. The van der Waals surface area contributed by atoms with E-state index < -0.39 is 18.0 Å². The minimum atomic E-state index is -4.41. The van der Waals surface area contributed by atoms with Gasteiger partial charge in [0.1, 0.15) is 0 Å². The van der Waals surface area contributed by atoms with E-state index in [9.17, 15) is 13.2 Å². The predicted octanol–water partition coefficient (Wildman–Crippen LogP) is 2.23. The summed E-state index contributed by atoms with van der Waals surface area (Å²) in [6, 6.07) is 0.680. The fourth-order valence-electron chi connectivity index (χ4n) is 1.34. The van der Waals surface area contributed by atoms with Gasteiger partial charge in [-0.1, -0.05) is 0 Å². The number of rotatable bonds is 3. The van der Waals surface area contributed by atoms with E-state index in [0.29, 0.717) is 6.42 Å². The highest BCUT2D eigenvalue weighted by atomic mass is 19.4. The van der Waals surface area contributed by atoms with Crippen LogP contribution in [0.25, 0.3) is 0 Å². The number of halogens is 3. The van der Waals surface area contributed by atoms with Crippen LogP contribution in [-0.2, 0) is 6.18 Å². The molecule has 3 nitrogen and oxygen atoms in total. The summed E-state index contributed by atoms with van der Waals surface area (Å²) in [5, 5.41) is 12.5. The lowest BCUT2D eigenvalue weighted by atomic mass is 10.2. The van der Waals surface area contributed by atoms with Gasteiger partial charge in [-0.15, -0.1) is 0 Å². The van der Waals surface area contributed by atoms with Crippen LogP contribution in [0.15, 0.2) is 12.3 Å². The molecule has 0 aliphatic heterocycles. The smallest absolute Gasteiger partial charge is 0.393 e. The highest BCUT2D eigenvalue weighted by Gasteiger charge is 2.33. The van der Waals surface area contributed by atoms with Crippen molar-refractivity contribution < 1.29 is 18.3 Å². The van der Waals surface area contributed by atoms with Crippen molar-refractivity contribution in [3.05, 3.63) is 18.0 Å². The van der Waals surface area contributed by atoms with Crippen LogP contribution < -0.4 is 0 Å². The Morgan fingerprint density at radius 3 is 2.47 bits per heavy atom. The van der Waals surface area contributed by atoms with Crippen molar-refractivity contribution in [1.82, 2.24) is 9.78 Å². The molecule has 2 atom stereocenters. The summed E-state index contributed by atoms with van der Waals surface area (Å²) >= 11 is 0. The molecular weight excluding hydrogens is 209 g/mol. The van der Waals surface area contributed by atoms with Crippen LogP contribution >= 0.6 is 0 Å². The molecule has 0 radical (unpaired) electrons. The van der Waals surface area contributed by atoms with Gasteiger partial charge in [0.25, 0.3) is 0 Å². The van der Waals surface area contributed by atoms with E-state index in [1.54, 1.807) is 13.8 Å². The molecule has 0 spiro atoms. The molecule has 0 saturated heterocycles. The number of aromatic nitrogens is 2. The topological polar surface area (TPSA) is 38.0 Å². The molecule has 1 aromatic rings. The summed E-state index contributed by atoms with van der Waals surface area (Å²) in [4.78, 5) is 0. The Kier molecular flexibility index (Phi) is 3.38. The lowest BCUT2D eigenvalue weighted by molar-refractivity contribution is -0.141. The molecule has 0 aliphatic carbocycles. The first kappa shape index (κ1) is 12.0. The van der Waals surface area contributed by atoms with Crippen molar-refractivity contribution >= 4 is 0 Å². The maximum atomic E-state index is 12.2. The van der Waals surface area contributed by atoms with Crippen LogP contribution in [0.3, 0.4) is 0 Å². The summed E-state index contributed by atoms with van der Waals surface area (Å²) < 4.78 is 37.8. The van der Waals surface area contributed by atoms with Crippen molar-refractivity contribution in [2.75, 3.05) is 0 Å². The molecule has 1 rings (SSSR count). The number of hydrogen-bond acceptors (Lipinski definition) is 2. The van der Waals surface area contributed by atoms with E-state index in [2.05, 4.69) is 5.10 Å². The van der Waals surface area contributed by atoms with Gasteiger partial charge in [-0.3, -0.25) is 4.68 Å². The molecule has 0 aromatic carbocycles. The number of hydrogen-bond donors (Lipinski definition) is 1. The van der Waals surface area contributed by atoms with E-state index in [4.69, 9.17) is 5.11 Å². The molecule has 0 saturated carbocycles. The Balaban J connectivity index is 2.76. The van der Waals surface area contributed by atoms with Crippen LogP contribution in [-0.4, -0.2) is 21.0 Å². The summed E-state index contributed by atoms with van der Waals surface area (Å²) in [5.74, 6) is 0. The van der Waals surface area contributed by atoms with Gasteiger partial charge in [0, 0.05) is 6.20 Å². The first-order valence-electron chi connectivity index (χ1n) is 4.61. The number of alkyl halides is 3. The van der Waals surface area contributed by atoms with Gasteiger partial charge in [0.15, 0.2) is 5.69 Å². The standard InChI is InChI=1S/C9H13F3N2O/c1-6(5-7(2)15)14-4-3-8(13-14)9(10,11)12/h3-4,6-7,15H,5H2,1-2H3. The molecule has 15 heavy (non-hydrogen) atoms. The maximum Gasteiger partial charge on any atom is 0.435 e. The Hall–Kier alpha value is -1.04. The summed E-state index contributed by atoms with van der Waals surface area (Å²) in [6.45, 7) is 3.30. The lowest BCUT2D eigenvalue weighted by Crippen LogP contribution is -2.14. The average molecular weight is 222 g/mol. The zero-order valence-electron chi connectivity index (χ0n) is 8.49. The molecule has 1 heterocycles. The molecule has 1 aromatic heterocycles. The molecule has 86 valence electrons. The molecule has 1 N–H and O–H groups in total. The highest BCUT2D eigenvalue weighted by molar-refractivity contribution is 5.03. The zero-order chi connectivity index (χ0) is 11.6. The van der Waals surface area contributed by atoms with Gasteiger partial charge in [-0.2, -0.15) is 18.3 Å². The second-order valence-corrected chi connectivity index (χ2v) is 3.61. The molecule has 0 amide bonds. The van der Waals surface area contributed by atoms with E-state index in [0.717, 1.165) is 6.07 Å². The number of aliphatic hydroxyl groups excluding tert-OH is 1. The van der Waals surface area contributed by atoms with Crippen molar-refractivity contribution in [3.63, 3.8) is 0 Å². The monoisotopic (exact) mass is 222 g/mol. The summed E-state index contributed by atoms with van der Waals surface area (Å²) in [7, 11) is 0. The number of nitrogens with zero attached hydrogens (tertiary/aromatic N) is 2. The first-order chi connectivity index (χ1) is 6.80. The molecule has 0 aliphatic rings. The van der Waals surface area contributed by atoms with Crippen LogP contribution in [0.4, 0.5) is 13.2 Å². The van der Waals surface area contributed by atoms with Gasteiger partial charge in [0.05, 0.1) is 12.1 Å². The zero-order valence-corrected chi connectivity index (χ0v) is 8.49. The Morgan fingerprint density at radius 2 is 2.07 bits per heavy atom. The quantitative estimate of drug-likeness (QED) is 0.851. The molecule has 0 bridgehead atoms. The third kappa shape index (κ3) is 3.23. The minimum absolute atomic E-state index is 0.249. The van der Waals surface area contributed by atoms with Gasteiger partial charge < -0.3 is 5.11 Å². The van der Waals surface area contributed by atoms with Crippen molar-refractivity contribution in [2.45, 2.75) is 38.6 Å². The summed E-state index contributed by atoms with van der Waals surface area (Å²) in [5.41, 5.74) is -0.903. The van der Waals surface area contributed by atoms with Crippen LogP contribution in [0.5, 0.6) is 0 Å². The maximum absolute atomic E-state index is 12.2. The third-order valence-electron chi connectivity index (χ3n) is 2.03. The Bertz CT molecular complexity index is 319. The van der Waals surface area contributed by atoms with Gasteiger partial charge >= 0.3 is 6.18 Å². The van der Waals surface area contributed by atoms with E-state index in [1.165, 1.54) is 10.9 Å². The molecule has 2 unspecified atom stereocenters. The van der Waals surface area contributed by atoms with Crippen molar-refractivity contribution in [3.8, 4) is 0 Å². The van der Waals surface area contributed by atoms with Gasteiger partial charge in [-0.05, 0) is 26.3 Å². The number of aliphatic hydroxyl groups is 1. The third-order valence-corrected chi connectivity index (χ3v) is 2.03.